The molecule has 0 amide bonds. The Kier molecular flexibility index (Phi) is 5.90. The van der Waals surface area contributed by atoms with Gasteiger partial charge in [0, 0.05) is 0 Å². The van der Waals surface area contributed by atoms with E-state index in [9.17, 15) is 10.0 Å². The fourth-order valence-electron chi connectivity index (χ4n) is 5.16. The van der Waals surface area contributed by atoms with Gasteiger partial charge in [0.15, 0.2) is 0 Å². The summed E-state index contributed by atoms with van der Waals surface area (Å²) in [5.74, 6) is 0. The zero-order chi connectivity index (χ0) is 24.5. The Labute approximate surface area is 211 Å². The van der Waals surface area contributed by atoms with Gasteiger partial charge >= 0.3 is 13.8 Å². The maximum Gasteiger partial charge on any atom is 0.359 e. The van der Waals surface area contributed by atoms with Gasteiger partial charge in [-0.2, -0.15) is 0 Å². The van der Waals surface area contributed by atoms with Crippen LogP contribution in [0.5, 0.6) is 0 Å². The highest BCUT2D eigenvalue weighted by atomic mass is 16.2. The van der Waals surface area contributed by atoms with Crippen molar-refractivity contribution in [3.63, 3.8) is 0 Å². The standard InChI is InChI=1S/C32H24B2O2/c35-33(25-13-3-1-4-14-25)27-21-24-12-8-9-17-28(24)30(22-27)32-29-18-10-7-11-23(29)19-20-31(32)34(36)26-15-5-2-6-16-26/h1-22,35-36H. The second kappa shape index (κ2) is 9.50. The number of hydrogen-bond donors (Lipinski definition) is 2. The third-order valence-corrected chi connectivity index (χ3v) is 6.96. The molecule has 0 aliphatic carbocycles. The average Bonchev–Trinajstić information content (AvgIpc) is 2.96. The van der Waals surface area contributed by atoms with Crippen LogP contribution >= 0.6 is 0 Å². The van der Waals surface area contributed by atoms with Crippen LogP contribution in [-0.2, 0) is 0 Å². The average molecular weight is 462 g/mol. The van der Waals surface area contributed by atoms with E-state index in [0.717, 1.165) is 54.5 Å². The molecule has 6 rings (SSSR count). The summed E-state index contributed by atoms with van der Waals surface area (Å²) in [6, 6.07) is 44.3. The lowest BCUT2D eigenvalue weighted by atomic mass is 9.53. The number of hydrogen-bond acceptors (Lipinski definition) is 2. The zero-order valence-electron chi connectivity index (χ0n) is 19.8. The van der Waals surface area contributed by atoms with Gasteiger partial charge in [-0.1, -0.05) is 133 Å². The highest BCUT2D eigenvalue weighted by Crippen LogP contribution is 2.32. The lowest BCUT2D eigenvalue weighted by molar-refractivity contribution is 0.600. The van der Waals surface area contributed by atoms with Crippen LogP contribution < -0.4 is 21.9 Å². The van der Waals surface area contributed by atoms with E-state index in [1.807, 2.05) is 91.0 Å². The highest BCUT2D eigenvalue weighted by molar-refractivity contribution is 6.81. The molecule has 4 heteroatoms. The van der Waals surface area contributed by atoms with Crippen LogP contribution in [0, 0.1) is 0 Å². The minimum absolute atomic E-state index is 0.757. The van der Waals surface area contributed by atoms with Crippen molar-refractivity contribution < 1.29 is 10.0 Å². The van der Waals surface area contributed by atoms with Crippen LogP contribution in [0.25, 0.3) is 32.7 Å². The molecule has 0 saturated heterocycles. The van der Waals surface area contributed by atoms with Gasteiger partial charge in [-0.3, -0.25) is 0 Å². The summed E-state index contributed by atoms with van der Waals surface area (Å²) in [5.41, 5.74) is 5.35. The second-order valence-corrected chi connectivity index (χ2v) is 9.17. The molecule has 0 spiro atoms. The van der Waals surface area contributed by atoms with E-state index in [1.54, 1.807) is 0 Å². The number of fused-ring (bicyclic) bond motifs is 2. The Bertz CT molecular complexity index is 1670. The Morgan fingerprint density at radius 1 is 0.417 bits per heavy atom. The number of rotatable bonds is 5. The molecule has 6 aromatic carbocycles. The van der Waals surface area contributed by atoms with Gasteiger partial charge in [0.1, 0.15) is 0 Å². The topological polar surface area (TPSA) is 40.5 Å². The van der Waals surface area contributed by atoms with Crippen LogP contribution in [0.15, 0.2) is 133 Å². The predicted molar refractivity (Wildman–Crippen MR) is 154 cm³/mol. The molecule has 0 fully saturated rings. The van der Waals surface area contributed by atoms with Crippen molar-refractivity contribution >= 4 is 57.2 Å². The van der Waals surface area contributed by atoms with Gasteiger partial charge < -0.3 is 10.0 Å². The van der Waals surface area contributed by atoms with Gasteiger partial charge in [0.05, 0.1) is 0 Å². The van der Waals surface area contributed by atoms with Crippen molar-refractivity contribution in [2.45, 2.75) is 0 Å². The molecule has 2 nitrogen and oxygen atoms in total. The normalized spacial score (nSPS) is 11.1. The van der Waals surface area contributed by atoms with E-state index < -0.39 is 13.8 Å². The monoisotopic (exact) mass is 462 g/mol. The first-order chi connectivity index (χ1) is 17.7. The summed E-state index contributed by atoms with van der Waals surface area (Å²) in [6.07, 6.45) is 0. The Morgan fingerprint density at radius 3 is 1.67 bits per heavy atom. The molecule has 0 aliphatic rings. The van der Waals surface area contributed by atoms with Crippen LogP contribution in [0.4, 0.5) is 0 Å². The second-order valence-electron chi connectivity index (χ2n) is 9.17. The summed E-state index contributed by atoms with van der Waals surface area (Å²) in [7, 11) is 0. The molecule has 6 aromatic rings. The first kappa shape index (κ1) is 22.4. The first-order valence-electron chi connectivity index (χ1n) is 12.2. The summed E-state index contributed by atoms with van der Waals surface area (Å²) in [6.45, 7) is -1.54. The zero-order valence-corrected chi connectivity index (χ0v) is 19.8. The number of benzene rings is 6. The summed E-state index contributed by atoms with van der Waals surface area (Å²) >= 11 is 0. The lowest BCUT2D eigenvalue weighted by Crippen LogP contribution is -2.44. The van der Waals surface area contributed by atoms with Gasteiger partial charge in [0.2, 0.25) is 0 Å². The molecule has 0 aromatic heterocycles. The predicted octanol–water partition coefficient (Wildman–Crippen LogP) is 3.86. The fraction of sp³-hybridized carbons (Fsp3) is 0. The molecule has 0 unspecified atom stereocenters. The third kappa shape index (κ3) is 4.01. The van der Waals surface area contributed by atoms with E-state index in [4.69, 9.17) is 0 Å². The van der Waals surface area contributed by atoms with Gasteiger partial charge in [0.25, 0.3) is 0 Å². The molecule has 0 radical (unpaired) electrons. The highest BCUT2D eigenvalue weighted by Gasteiger charge is 2.25. The summed E-state index contributed by atoms with van der Waals surface area (Å²) in [4.78, 5) is 0. The first-order valence-corrected chi connectivity index (χ1v) is 12.2. The lowest BCUT2D eigenvalue weighted by Gasteiger charge is -2.20. The van der Waals surface area contributed by atoms with Gasteiger partial charge in [-0.15, -0.1) is 0 Å². The molecule has 0 atom stereocenters. The molecular formula is C32H24B2O2. The fourth-order valence-corrected chi connectivity index (χ4v) is 5.16. The SMILES string of the molecule is OB(c1ccccc1)c1cc(-c2c(B(O)c3ccccc3)ccc3ccccc23)c2ccccc2c1. The Balaban J connectivity index is 1.66. The van der Waals surface area contributed by atoms with Crippen molar-refractivity contribution in [3.8, 4) is 11.1 Å². The molecule has 2 N–H and O–H groups in total. The smallest absolute Gasteiger partial charge is 0.359 e. The van der Waals surface area contributed by atoms with Crippen molar-refractivity contribution in [2.24, 2.45) is 0 Å². The molecule has 0 heterocycles. The van der Waals surface area contributed by atoms with E-state index in [1.165, 1.54) is 0 Å². The van der Waals surface area contributed by atoms with Crippen molar-refractivity contribution in [2.75, 3.05) is 0 Å². The van der Waals surface area contributed by atoms with Crippen molar-refractivity contribution in [1.82, 2.24) is 0 Å². The molecule has 0 aliphatic heterocycles. The Morgan fingerprint density at radius 2 is 0.972 bits per heavy atom. The summed E-state index contributed by atoms with van der Waals surface area (Å²) in [5, 5.41) is 27.2. The molecular weight excluding hydrogens is 438 g/mol. The summed E-state index contributed by atoms with van der Waals surface area (Å²) < 4.78 is 0. The molecule has 170 valence electrons. The third-order valence-electron chi connectivity index (χ3n) is 6.96. The maximum atomic E-state index is 11.6. The van der Waals surface area contributed by atoms with Crippen LogP contribution in [0.1, 0.15) is 0 Å². The van der Waals surface area contributed by atoms with E-state index in [2.05, 4.69) is 42.5 Å². The van der Waals surface area contributed by atoms with Gasteiger partial charge in [-0.25, -0.2) is 0 Å². The van der Waals surface area contributed by atoms with Crippen molar-refractivity contribution in [3.05, 3.63) is 133 Å². The van der Waals surface area contributed by atoms with E-state index in [-0.39, 0.29) is 0 Å². The Hall–Kier alpha value is -4.11. The van der Waals surface area contributed by atoms with E-state index in [0.29, 0.717) is 0 Å². The largest absolute Gasteiger partial charge is 0.443 e. The van der Waals surface area contributed by atoms with Crippen molar-refractivity contribution in [1.29, 1.82) is 0 Å². The van der Waals surface area contributed by atoms with E-state index >= 15 is 0 Å². The maximum absolute atomic E-state index is 11.6. The van der Waals surface area contributed by atoms with Crippen LogP contribution in [0.2, 0.25) is 0 Å². The molecule has 36 heavy (non-hydrogen) atoms. The molecule has 0 bridgehead atoms. The minimum Gasteiger partial charge on any atom is -0.443 e. The van der Waals surface area contributed by atoms with Gasteiger partial charge in [-0.05, 0) is 54.5 Å². The molecule has 0 saturated carbocycles. The van der Waals surface area contributed by atoms with Crippen LogP contribution in [-0.4, -0.2) is 23.9 Å². The minimum atomic E-state index is -0.785. The van der Waals surface area contributed by atoms with Crippen LogP contribution in [0.3, 0.4) is 0 Å². The quantitative estimate of drug-likeness (QED) is 0.383.